The number of fused-ring (bicyclic) bond motifs is 1. The Morgan fingerprint density at radius 3 is 2.46 bits per heavy atom. The number of hydrogen-bond acceptors (Lipinski definition) is 3. The lowest BCUT2D eigenvalue weighted by Gasteiger charge is -2.15. The molecule has 0 aliphatic heterocycles. The molecule has 1 heterocycles. The number of halogens is 3. The van der Waals surface area contributed by atoms with Crippen LogP contribution in [0.15, 0.2) is 50.7 Å². The molecule has 3 rings (SSSR count). The van der Waals surface area contributed by atoms with E-state index < -0.39 is 22.4 Å². The van der Waals surface area contributed by atoms with E-state index in [9.17, 15) is 14.1 Å². The maximum absolute atomic E-state index is 12.9. The molecule has 1 unspecified atom stereocenters. The van der Waals surface area contributed by atoms with Crippen molar-refractivity contribution in [2.75, 3.05) is 0 Å². The van der Waals surface area contributed by atoms with E-state index in [1.807, 2.05) is 0 Å². The van der Waals surface area contributed by atoms with Crippen molar-refractivity contribution >= 4 is 67.0 Å². The van der Waals surface area contributed by atoms with Gasteiger partial charge in [-0.3, -0.25) is 9.59 Å². The zero-order valence-electron chi connectivity index (χ0n) is 13.4. The van der Waals surface area contributed by atoms with Crippen molar-refractivity contribution in [2.45, 2.75) is 17.7 Å². The molecule has 2 aromatic carbocycles. The number of hydrogen-bond donors (Lipinski definition) is 1. The van der Waals surface area contributed by atoms with E-state index in [4.69, 9.17) is 23.2 Å². The second-order valence-electron chi connectivity index (χ2n) is 5.61. The van der Waals surface area contributed by atoms with Gasteiger partial charge in [0.1, 0.15) is 11.3 Å². The van der Waals surface area contributed by atoms with Crippen molar-refractivity contribution in [3.05, 3.63) is 72.3 Å². The first kappa shape index (κ1) is 19.5. The summed E-state index contributed by atoms with van der Waals surface area (Å²) in [5, 5.41) is 1.08. The fraction of sp³-hybridized carbons (Fsp3) is 0.111. The van der Waals surface area contributed by atoms with Crippen molar-refractivity contribution in [2.24, 2.45) is 0 Å². The molecule has 0 aliphatic rings. The van der Waals surface area contributed by atoms with Crippen LogP contribution in [0.5, 0.6) is 0 Å². The largest absolute Gasteiger partial charge is 0.610 e. The van der Waals surface area contributed by atoms with Crippen LogP contribution in [-0.4, -0.2) is 15.3 Å². The van der Waals surface area contributed by atoms with E-state index in [1.54, 1.807) is 36.4 Å². The maximum atomic E-state index is 12.9. The lowest BCUT2D eigenvalue weighted by Crippen LogP contribution is -2.22. The molecule has 0 aliphatic carbocycles. The monoisotopic (exact) mass is 471 g/mol. The van der Waals surface area contributed by atoms with Gasteiger partial charge in [-0.2, -0.15) is 0 Å². The molecular weight excluding hydrogens is 461 g/mol. The molecule has 4 nitrogen and oxygen atoms in total. The minimum absolute atomic E-state index is 0.0907. The van der Waals surface area contributed by atoms with Crippen molar-refractivity contribution in [3.63, 3.8) is 0 Å². The van der Waals surface area contributed by atoms with Gasteiger partial charge in [-0.1, -0.05) is 35.3 Å². The van der Waals surface area contributed by atoms with E-state index in [0.29, 0.717) is 15.0 Å². The maximum Gasteiger partial charge on any atom is 0.238 e. The van der Waals surface area contributed by atoms with Gasteiger partial charge in [0.15, 0.2) is 5.78 Å². The number of benzene rings is 2. The SMILES string of the molecule is CC(=O)c1c([S+]([O-])Cc2ccc(Cl)cc2)[nH]c2c(Br)ccc(Cl)c2c1=O. The number of aromatic nitrogens is 1. The van der Waals surface area contributed by atoms with Crippen LogP contribution in [0, 0.1) is 0 Å². The van der Waals surface area contributed by atoms with Crippen LogP contribution >= 0.6 is 39.1 Å². The zero-order valence-corrected chi connectivity index (χ0v) is 17.4. The predicted molar refractivity (Wildman–Crippen MR) is 109 cm³/mol. The molecule has 0 fully saturated rings. The number of carbonyl (C=O) groups is 1. The molecule has 1 atom stereocenters. The molecule has 134 valence electrons. The Balaban J connectivity index is 2.19. The second kappa shape index (κ2) is 7.74. The molecule has 3 aromatic rings. The summed E-state index contributed by atoms with van der Waals surface area (Å²) in [4.78, 5) is 27.9. The molecule has 8 heteroatoms. The fourth-order valence-electron chi connectivity index (χ4n) is 2.59. The van der Waals surface area contributed by atoms with Gasteiger partial charge in [0.2, 0.25) is 10.5 Å². The quantitative estimate of drug-likeness (QED) is 0.423. The first-order valence-electron chi connectivity index (χ1n) is 7.47. The summed E-state index contributed by atoms with van der Waals surface area (Å²) in [6.07, 6.45) is 0. The highest BCUT2D eigenvalue weighted by Crippen LogP contribution is 2.29. The standard InChI is InChI=1S/C18H12BrCl2NO3S/c1-9(23)14-17(24)15-13(21)7-6-12(19)16(15)22-18(14)26(25)8-10-2-4-11(20)5-3-10/h2-7H,8H2,1H3,(H,22,24). The van der Waals surface area contributed by atoms with Gasteiger partial charge in [-0.25, -0.2) is 0 Å². The highest BCUT2D eigenvalue weighted by Gasteiger charge is 2.27. The highest BCUT2D eigenvalue weighted by molar-refractivity contribution is 9.10. The third kappa shape index (κ3) is 3.70. The average molecular weight is 473 g/mol. The summed E-state index contributed by atoms with van der Waals surface area (Å²) in [6, 6.07) is 10.1. The second-order valence-corrected chi connectivity index (χ2v) is 8.70. The molecule has 0 saturated carbocycles. The first-order chi connectivity index (χ1) is 12.3. The Labute approximate surface area is 170 Å². The minimum Gasteiger partial charge on any atom is -0.610 e. The average Bonchev–Trinajstić information content (AvgIpc) is 2.59. The number of H-pyrrole nitrogens is 1. The van der Waals surface area contributed by atoms with Gasteiger partial charge in [0, 0.05) is 26.2 Å². The summed E-state index contributed by atoms with van der Waals surface area (Å²) < 4.78 is 13.5. The summed E-state index contributed by atoms with van der Waals surface area (Å²) >= 11 is 13.7. The number of Topliss-reactive ketones (excluding diaryl/α,β-unsaturated/α-hetero) is 1. The summed E-state index contributed by atoms with van der Waals surface area (Å²) in [5.74, 6) is -0.333. The molecule has 0 spiro atoms. The zero-order chi connectivity index (χ0) is 19.0. The normalized spacial score (nSPS) is 12.3. The van der Waals surface area contributed by atoms with Gasteiger partial charge >= 0.3 is 0 Å². The van der Waals surface area contributed by atoms with E-state index >= 15 is 0 Å². The third-order valence-corrected chi connectivity index (χ3v) is 6.40. The Morgan fingerprint density at radius 1 is 1.19 bits per heavy atom. The van der Waals surface area contributed by atoms with Crippen molar-refractivity contribution in [3.8, 4) is 0 Å². The predicted octanol–water partition coefficient (Wildman–Crippen LogP) is 5.11. The molecule has 0 bridgehead atoms. The van der Waals surface area contributed by atoms with Gasteiger partial charge in [0.25, 0.3) is 0 Å². The summed E-state index contributed by atoms with van der Waals surface area (Å²) in [6.45, 7) is 1.27. The molecule has 0 amide bonds. The number of pyridine rings is 1. The third-order valence-electron chi connectivity index (χ3n) is 3.81. The number of ketones is 1. The van der Waals surface area contributed by atoms with E-state index in [1.165, 1.54) is 6.92 Å². The first-order valence-corrected chi connectivity index (χ1v) is 10.3. The number of carbonyl (C=O) groups excluding carboxylic acids is 1. The van der Waals surface area contributed by atoms with Crippen molar-refractivity contribution in [1.29, 1.82) is 0 Å². The molecule has 26 heavy (non-hydrogen) atoms. The lowest BCUT2D eigenvalue weighted by molar-refractivity contribution is 0.101. The van der Waals surface area contributed by atoms with Crippen LogP contribution in [0.25, 0.3) is 10.9 Å². The van der Waals surface area contributed by atoms with Crippen LogP contribution < -0.4 is 5.43 Å². The topological polar surface area (TPSA) is 73.0 Å². The van der Waals surface area contributed by atoms with Gasteiger partial charge in [-0.05, 0) is 47.1 Å². The van der Waals surface area contributed by atoms with Gasteiger partial charge < -0.3 is 9.54 Å². The fourth-order valence-corrected chi connectivity index (χ4v) is 4.71. The van der Waals surface area contributed by atoms with Crippen LogP contribution in [0.1, 0.15) is 22.8 Å². The number of aromatic amines is 1. The van der Waals surface area contributed by atoms with E-state index in [0.717, 1.165) is 5.56 Å². The van der Waals surface area contributed by atoms with E-state index in [-0.39, 0.29) is 26.8 Å². The molecular formula is C18H12BrCl2NO3S. The van der Waals surface area contributed by atoms with E-state index in [2.05, 4.69) is 20.9 Å². The lowest BCUT2D eigenvalue weighted by atomic mass is 10.1. The summed E-state index contributed by atoms with van der Waals surface area (Å²) in [5.41, 5.74) is 0.516. The Hall–Kier alpha value is -1.31. The van der Waals surface area contributed by atoms with Gasteiger partial charge in [-0.15, -0.1) is 0 Å². The highest BCUT2D eigenvalue weighted by atomic mass is 79.9. The molecule has 1 aromatic heterocycles. The van der Waals surface area contributed by atoms with Crippen LogP contribution in [0.2, 0.25) is 10.0 Å². The number of nitrogens with one attached hydrogen (secondary N) is 1. The van der Waals surface area contributed by atoms with Crippen LogP contribution in [0.3, 0.4) is 0 Å². The Morgan fingerprint density at radius 2 is 1.85 bits per heavy atom. The Bertz CT molecular complexity index is 1070. The van der Waals surface area contributed by atoms with Gasteiger partial charge in [0.05, 0.1) is 15.9 Å². The van der Waals surface area contributed by atoms with Crippen LogP contribution in [0.4, 0.5) is 0 Å². The minimum atomic E-state index is -1.64. The molecule has 0 radical (unpaired) electrons. The van der Waals surface area contributed by atoms with Crippen LogP contribution in [-0.2, 0) is 16.9 Å². The number of rotatable bonds is 4. The molecule has 1 N–H and O–H groups in total. The van der Waals surface area contributed by atoms with Crippen molar-refractivity contribution in [1.82, 2.24) is 4.98 Å². The summed E-state index contributed by atoms with van der Waals surface area (Å²) in [7, 11) is 0. The van der Waals surface area contributed by atoms with Crippen molar-refractivity contribution < 1.29 is 9.35 Å². The smallest absolute Gasteiger partial charge is 0.238 e. The Kier molecular flexibility index (Phi) is 5.79. The molecule has 0 saturated heterocycles.